The molecule has 0 fully saturated rings. The summed E-state index contributed by atoms with van der Waals surface area (Å²) >= 11 is 0. The summed E-state index contributed by atoms with van der Waals surface area (Å²) < 4.78 is 30.8. The second-order valence-corrected chi connectivity index (χ2v) is 4.57. The molecule has 0 aromatic heterocycles. The van der Waals surface area contributed by atoms with E-state index in [1.807, 2.05) is 0 Å². The first-order chi connectivity index (χ1) is 11.0. The van der Waals surface area contributed by atoms with Gasteiger partial charge in [0, 0.05) is 23.5 Å². The lowest BCUT2D eigenvalue weighted by Crippen LogP contribution is -2.15. The fourth-order valence-corrected chi connectivity index (χ4v) is 1.76. The third-order valence-electron chi connectivity index (χ3n) is 2.90. The van der Waals surface area contributed by atoms with Crippen molar-refractivity contribution in [1.29, 1.82) is 0 Å². The van der Waals surface area contributed by atoms with Crippen LogP contribution in [-0.4, -0.2) is 30.9 Å². The molecule has 1 amide bonds. The van der Waals surface area contributed by atoms with Crippen LogP contribution in [0.3, 0.4) is 0 Å². The number of carbonyl (C=O) groups excluding carboxylic acids is 1. The number of hydrogen-bond donors (Lipinski definition) is 2. The molecule has 5 nitrogen and oxygen atoms in total. The summed E-state index contributed by atoms with van der Waals surface area (Å²) in [5.74, 6) is -2.01. The Bertz CT molecular complexity index is 748. The lowest BCUT2D eigenvalue weighted by Gasteiger charge is -2.04. The third kappa shape index (κ3) is 4.50. The normalized spacial score (nSPS) is 10.7. The summed E-state index contributed by atoms with van der Waals surface area (Å²) in [7, 11) is 1.49. The highest BCUT2D eigenvalue weighted by molar-refractivity contribution is 5.94. The number of benzene rings is 2. The van der Waals surface area contributed by atoms with Gasteiger partial charge in [-0.05, 0) is 30.3 Å². The first-order valence-corrected chi connectivity index (χ1v) is 6.61. The van der Waals surface area contributed by atoms with Gasteiger partial charge in [0.25, 0.3) is 0 Å². The highest BCUT2D eigenvalue weighted by Gasteiger charge is 2.06. The molecule has 2 N–H and O–H groups in total. The highest BCUT2D eigenvalue weighted by Crippen LogP contribution is 2.21. The first kappa shape index (κ1) is 16.4. The van der Waals surface area contributed by atoms with Gasteiger partial charge in [-0.2, -0.15) is 0 Å². The smallest absolute Gasteiger partial charge is 0.246 e. The number of halogens is 2. The maximum atomic E-state index is 13.0. The predicted octanol–water partition coefficient (Wildman–Crippen LogP) is 2.74. The Morgan fingerprint density at radius 3 is 2.74 bits per heavy atom. The van der Waals surface area contributed by atoms with Gasteiger partial charge in [-0.3, -0.25) is 9.79 Å². The van der Waals surface area contributed by atoms with Crippen molar-refractivity contribution in [3.05, 3.63) is 53.6 Å². The van der Waals surface area contributed by atoms with Crippen LogP contribution < -0.4 is 10.1 Å². The minimum absolute atomic E-state index is 0.00411. The van der Waals surface area contributed by atoms with E-state index in [4.69, 9.17) is 4.74 Å². The summed E-state index contributed by atoms with van der Waals surface area (Å²) in [5.41, 5.74) is 0.526. The van der Waals surface area contributed by atoms with E-state index in [0.29, 0.717) is 11.3 Å². The van der Waals surface area contributed by atoms with Gasteiger partial charge in [-0.1, -0.05) is 0 Å². The van der Waals surface area contributed by atoms with Gasteiger partial charge in [0.15, 0.2) is 11.6 Å². The third-order valence-corrected chi connectivity index (χ3v) is 2.90. The number of aromatic hydroxyl groups is 1. The van der Waals surface area contributed by atoms with E-state index in [9.17, 15) is 18.7 Å². The second-order valence-electron chi connectivity index (χ2n) is 4.57. The van der Waals surface area contributed by atoms with Crippen molar-refractivity contribution in [1.82, 2.24) is 0 Å². The molecule has 0 spiro atoms. The lowest BCUT2D eigenvalue weighted by atomic mass is 10.2. The van der Waals surface area contributed by atoms with Crippen LogP contribution in [0.2, 0.25) is 0 Å². The first-order valence-electron chi connectivity index (χ1n) is 6.61. The zero-order chi connectivity index (χ0) is 16.8. The molecule has 23 heavy (non-hydrogen) atoms. The number of phenols is 1. The fourth-order valence-electron chi connectivity index (χ4n) is 1.76. The molecular formula is C16H14F2N2O3. The summed E-state index contributed by atoms with van der Waals surface area (Å²) in [4.78, 5) is 15.6. The number of hydrogen-bond acceptors (Lipinski definition) is 4. The van der Waals surface area contributed by atoms with E-state index in [1.165, 1.54) is 25.5 Å². The zero-order valence-corrected chi connectivity index (χ0v) is 12.2. The molecule has 0 aliphatic heterocycles. The predicted molar refractivity (Wildman–Crippen MR) is 82.1 cm³/mol. The molecule has 0 saturated carbocycles. The number of anilines is 1. The minimum atomic E-state index is -1.05. The van der Waals surface area contributed by atoms with E-state index < -0.39 is 17.5 Å². The molecule has 120 valence electrons. The minimum Gasteiger partial charge on any atom is -0.507 e. The Morgan fingerprint density at radius 2 is 2.04 bits per heavy atom. The van der Waals surface area contributed by atoms with Crippen molar-refractivity contribution in [2.45, 2.75) is 0 Å². The number of nitrogens with zero attached hydrogens (tertiary/aromatic N) is 1. The standard InChI is InChI=1S/C16H14F2N2O3/c1-23-12-3-5-15(21)10(6-12)8-19-9-16(22)20-11-2-4-13(17)14(18)7-11/h2-8,21H,9H2,1H3,(H,20,22). The molecule has 0 heterocycles. The number of rotatable bonds is 5. The van der Waals surface area contributed by atoms with Gasteiger partial charge >= 0.3 is 0 Å². The fraction of sp³-hybridized carbons (Fsp3) is 0.125. The molecule has 7 heteroatoms. The van der Waals surface area contributed by atoms with Crippen molar-refractivity contribution in [2.75, 3.05) is 19.0 Å². The summed E-state index contributed by atoms with van der Waals surface area (Å²) in [6, 6.07) is 7.64. The van der Waals surface area contributed by atoms with Crippen LogP contribution in [0.1, 0.15) is 5.56 Å². The van der Waals surface area contributed by atoms with Crippen molar-refractivity contribution in [2.24, 2.45) is 4.99 Å². The Balaban J connectivity index is 1.97. The van der Waals surface area contributed by atoms with Crippen LogP contribution in [0, 0.1) is 11.6 Å². The van der Waals surface area contributed by atoms with Crippen molar-refractivity contribution in [3.63, 3.8) is 0 Å². The van der Waals surface area contributed by atoms with Gasteiger partial charge in [0.1, 0.15) is 18.0 Å². The molecule has 0 bridgehead atoms. The van der Waals surface area contributed by atoms with E-state index in [-0.39, 0.29) is 18.0 Å². The quantitative estimate of drug-likeness (QED) is 0.832. The van der Waals surface area contributed by atoms with Gasteiger partial charge in [0.05, 0.1) is 7.11 Å². The van der Waals surface area contributed by atoms with E-state index in [2.05, 4.69) is 10.3 Å². The number of ether oxygens (including phenoxy) is 1. The Morgan fingerprint density at radius 1 is 1.26 bits per heavy atom. The maximum Gasteiger partial charge on any atom is 0.246 e. The van der Waals surface area contributed by atoms with Gasteiger partial charge in [-0.15, -0.1) is 0 Å². The molecule has 2 aromatic rings. The average molecular weight is 320 g/mol. The molecule has 0 saturated heterocycles. The molecule has 0 aliphatic rings. The Kier molecular flexibility index (Phi) is 5.24. The summed E-state index contributed by atoms with van der Waals surface area (Å²) in [6.45, 7) is -0.240. The van der Waals surface area contributed by atoms with Gasteiger partial charge < -0.3 is 15.2 Å². The molecule has 2 rings (SSSR count). The molecule has 0 unspecified atom stereocenters. The van der Waals surface area contributed by atoms with Crippen LogP contribution in [0.15, 0.2) is 41.4 Å². The zero-order valence-electron chi connectivity index (χ0n) is 12.2. The lowest BCUT2D eigenvalue weighted by molar-refractivity contribution is -0.114. The molecule has 0 radical (unpaired) electrons. The average Bonchev–Trinajstić information content (AvgIpc) is 2.53. The monoisotopic (exact) mass is 320 g/mol. The van der Waals surface area contributed by atoms with Crippen LogP contribution >= 0.6 is 0 Å². The number of methoxy groups -OCH3 is 1. The SMILES string of the molecule is COc1ccc(O)c(C=NCC(=O)Nc2ccc(F)c(F)c2)c1. The second kappa shape index (κ2) is 7.35. The van der Waals surface area contributed by atoms with Gasteiger partial charge in [-0.25, -0.2) is 8.78 Å². The van der Waals surface area contributed by atoms with E-state index >= 15 is 0 Å². The van der Waals surface area contributed by atoms with Crippen molar-refractivity contribution < 1.29 is 23.4 Å². The number of aliphatic imine (C=N–C) groups is 1. The summed E-state index contributed by atoms with van der Waals surface area (Å²) in [5, 5.41) is 12.0. The van der Waals surface area contributed by atoms with Crippen LogP contribution in [-0.2, 0) is 4.79 Å². The highest BCUT2D eigenvalue weighted by atomic mass is 19.2. The maximum absolute atomic E-state index is 13.0. The van der Waals surface area contributed by atoms with Crippen LogP contribution in [0.5, 0.6) is 11.5 Å². The van der Waals surface area contributed by atoms with Crippen molar-refractivity contribution in [3.8, 4) is 11.5 Å². The molecule has 0 atom stereocenters. The Labute approximate surface area is 131 Å². The molecule has 0 aliphatic carbocycles. The number of carbonyl (C=O) groups is 1. The Hall–Kier alpha value is -2.96. The topological polar surface area (TPSA) is 70.9 Å². The largest absolute Gasteiger partial charge is 0.507 e. The number of nitrogens with one attached hydrogen (secondary N) is 1. The van der Waals surface area contributed by atoms with Crippen molar-refractivity contribution >= 4 is 17.8 Å². The van der Waals surface area contributed by atoms with E-state index in [1.54, 1.807) is 12.1 Å². The molecule has 2 aromatic carbocycles. The van der Waals surface area contributed by atoms with Gasteiger partial charge in [0.2, 0.25) is 5.91 Å². The van der Waals surface area contributed by atoms with Crippen LogP contribution in [0.4, 0.5) is 14.5 Å². The van der Waals surface area contributed by atoms with E-state index in [0.717, 1.165) is 12.1 Å². The number of amides is 1. The number of phenolic OH excluding ortho intramolecular Hbond substituents is 1. The van der Waals surface area contributed by atoms with Crippen LogP contribution in [0.25, 0.3) is 0 Å². The summed E-state index contributed by atoms with van der Waals surface area (Å²) in [6.07, 6.45) is 1.32. The molecular weight excluding hydrogens is 306 g/mol.